The average Bonchev–Trinajstić information content (AvgIpc) is 2.39. The van der Waals surface area contributed by atoms with Gasteiger partial charge >= 0.3 is 0 Å². The van der Waals surface area contributed by atoms with Crippen LogP contribution in [0.4, 0.5) is 0 Å². The van der Waals surface area contributed by atoms with Gasteiger partial charge in [-0.15, -0.1) is 0 Å². The predicted molar refractivity (Wildman–Crippen MR) is 90.2 cm³/mol. The fraction of sp³-hybridized carbons (Fsp3) is 0.579. The summed E-state index contributed by atoms with van der Waals surface area (Å²) in [6.07, 6.45) is 3.63. The maximum atomic E-state index is 2.62. The lowest BCUT2D eigenvalue weighted by atomic mass is 9.73. The molecule has 0 aliphatic carbocycles. The maximum Gasteiger partial charge on any atom is 0.0237 e. The molecule has 114 valence electrons. The highest BCUT2D eigenvalue weighted by Gasteiger charge is 2.49. The highest BCUT2D eigenvalue weighted by atomic mass is 15.3. The Hall–Kier alpha value is -1.12. The van der Waals surface area contributed by atoms with Crippen molar-refractivity contribution in [1.29, 1.82) is 0 Å². The van der Waals surface area contributed by atoms with Gasteiger partial charge in [0.2, 0.25) is 0 Å². The van der Waals surface area contributed by atoms with Crippen LogP contribution in [0, 0.1) is 11.3 Å². The number of allylic oxidation sites excluding steroid dienone is 1. The number of likely N-dealkylation sites (tertiary alicyclic amines) is 2. The summed E-state index contributed by atoms with van der Waals surface area (Å²) in [4.78, 5) is 5.05. The standard InChI is InChI=1S/C19H28N2/c1-16(2)9-10-18(17-7-5-4-6-8-17)11-21-14-19(15-21)12-20(3)13-19/h4-8,10,16H,9,11-15H2,1-3H3/b18-10+. The molecule has 1 aromatic rings. The molecular formula is C19H28N2. The molecule has 3 rings (SSSR count). The minimum atomic E-state index is 0.634. The first-order valence-electron chi connectivity index (χ1n) is 8.22. The predicted octanol–water partition coefficient (Wildman–Crippen LogP) is 3.36. The second-order valence-corrected chi connectivity index (χ2v) is 7.54. The number of rotatable bonds is 5. The van der Waals surface area contributed by atoms with Gasteiger partial charge in [0.1, 0.15) is 0 Å². The van der Waals surface area contributed by atoms with Gasteiger partial charge in [-0.05, 0) is 30.5 Å². The highest BCUT2D eigenvalue weighted by Crippen LogP contribution is 2.39. The first kappa shape index (κ1) is 14.8. The summed E-state index contributed by atoms with van der Waals surface area (Å²) in [6.45, 7) is 10.8. The Labute approximate surface area is 129 Å². The molecule has 2 nitrogen and oxygen atoms in total. The lowest BCUT2D eigenvalue weighted by molar-refractivity contribution is -0.0982. The molecule has 2 heterocycles. The van der Waals surface area contributed by atoms with Gasteiger partial charge in [-0.3, -0.25) is 4.90 Å². The monoisotopic (exact) mass is 284 g/mol. The van der Waals surface area contributed by atoms with Crippen LogP contribution >= 0.6 is 0 Å². The molecule has 2 saturated heterocycles. The molecule has 0 unspecified atom stereocenters. The Morgan fingerprint density at radius 2 is 1.81 bits per heavy atom. The second kappa shape index (κ2) is 5.94. The number of benzene rings is 1. The Bertz CT molecular complexity index is 490. The minimum Gasteiger partial charge on any atom is -0.305 e. The molecule has 0 radical (unpaired) electrons. The smallest absolute Gasteiger partial charge is 0.0237 e. The summed E-state index contributed by atoms with van der Waals surface area (Å²) < 4.78 is 0. The van der Waals surface area contributed by atoms with Crippen molar-refractivity contribution in [2.75, 3.05) is 39.8 Å². The van der Waals surface area contributed by atoms with E-state index in [1.807, 2.05) is 0 Å². The summed E-state index contributed by atoms with van der Waals surface area (Å²) in [6, 6.07) is 10.9. The Kier molecular flexibility index (Phi) is 4.19. The molecule has 2 aliphatic rings. The van der Waals surface area contributed by atoms with E-state index >= 15 is 0 Å². The Morgan fingerprint density at radius 1 is 1.14 bits per heavy atom. The summed E-state index contributed by atoms with van der Waals surface area (Å²) in [7, 11) is 2.23. The van der Waals surface area contributed by atoms with Crippen molar-refractivity contribution >= 4 is 5.57 Å². The van der Waals surface area contributed by atoms with Crippen LogP contribution in [0.15, 0.2) is 36.4 Å². The topological polar surface area (TPSA) is 6.48 Å². The number of hydrogen-bond donors (Lipinski definition) is 0. The van der Waals surface area contributed by atoms with Crippen molar-refractivity contribution in [3.8, 4) is 0 Å². The highest BCUT2D eigenvalue weighted by molar-refractivity contribution is 5.67. The van der Waals surface area contributed by atoms with Gasteiger partial charge in [-0.2, -0.15) is 0 Å². The van der Waals surface area contributed by atoms with Gasteiger partial charge in [0.15, 0.2) is 0 Å². The molecule has 21 heavy (non-hydrogen) atoms. The van der Waals surface area contributed by atoms with Crippen molar-refractivity contribution in [2.45, 2.75) is 20.3 Å². The largest absolute Gasteiger partial charge is 0.305 e. The third-order valence-electron chi connectivity index (χ3n) is 4.70. The zero-order valence-corrected chi connectivity index (χ0v) is 13.7. The normalized spacial score (nSPS) is 22.4. The molecule has 0 saturated carbocycles. The van der Waals surface area contributed by atoms with E-state index < -0.39 is 0 Å². The molecule has 2 heteroatoms. The molecule has 0 amide bonds. The van der Waals surface area contributed by atoms with Crippen LogP contribution in [0.2, 0.25) is 0 Å². The fourth-order valence-electron chi connectivity index (χ4n) is 3.86. The van der Waals surface area contributed by atoms with Crippen molar-refractivity contribution in [2.24, 2.45) is 11.3 Å². The SMILES string of the molecule is CC(C)C/C=C(\CN1CC2(CN(C)C2)C1)c1ccccc1. The molecular weight excluding hydrogens is 256 g/mol. The second-order valence-electron chi connectivity index (χ2n) is 7.54. The van der Waals surface area contributed by atoms with Crippen molar-refractivity contribution in [3.63, 3.8) is 0 Å². The van der Waals surface area contributed by atoms with Crippen LogP contribution in [0.25, 0.3) is 5.57 Å². The third-order valence-corrected chi connectivity index (χ3v) is 4.70. The number of hydrogen-bond acceptors (Lipinski definition) is 2. The van der Waals surface area contributed by atoms with Crippen molar-refractivity contribution in [3.05, 3.63) is 42.0 Å². The zero-order valence-electron chi connectivity index (χ0n) is 13.7. The van der Waals surface area contributed by atoms with Crippen LogP contribution in [0.3, 0.4) is 0 Å². The van der Waals surface area contributed by atoms with E-state index in [4.69, 9.17) is 0 Å². The lowest BCUT2D eigenvalue weighted by Gasteiger charge is -2.60. The molecule has 0 aromatic heterocycles. The van der Waals surface area contributed by atoms with Gasteiger partial charge in [0, 0.05) is 38.1 Å². The van der Waals surface area contributed by atoms with Gasteiger partial charge in [0.05, 0.1) is 0 Å². The van der Waals surface area contributed by atoms with Crippen LogP contribution in [-0.2, 0) is 0 Å². The van der Waals surface area contributed by atoms with Crippen LogP contribution in [0.1, 0.15) is 25.8 Å². The molecule has 1 aromatic carbocycles. The quantitative estimate of drug-likeness (QED) is 0.818. The van der Waals surface area contributed by atoms with Gasteiger partial charge in [0.25, 0.3) is 0 Å². The molecule has 0 N–H and O–H groups in total. The third kappa shape index (κ3) is 3.38. The molecule has 1 spiro atoms. The first-order chi connectivity index (χ1) is 10.1. The van der Waals surface area contributed by atoms with Crippen LogP contribution < -0.4 is 0 Å². The molecule has 2 fully saturated rings. The number of nitrogens with zero attached hydrogens (tertiary/aromatic N) is 2. The Morgan fingerprint density at radius 3 is 2.38 bits per heavy atom. The van der Waals surface area contributed by atoms with Crippen molar-refractivity contribution < 1.29 is 0 Å². The average molecular weight is 284 g/mol. The van der Waals surface area contributed by atoms with E-state index in [0.29, 0.717) is 5.41 Å². The summed E-state index contributed by atoms with van der Waals surface area (Å²) >= 11 is 0. The Balaban J connectivity index is 1.62. The van der Waals surface area contributed by atoms with Crippen LogP contribution in [0.5, 0.6) is 0 Å². The van der Waals surface area contributed by atoms with Gasteiger partial charge in [-0.1, -0.05) is 50.3 Å². The van der Waals surface area contributed by atoms with Gasteiger partial charge in [-0.25, -0.2) is 0 Å². The van der Waals surface area contributed by atoms with E-state index in [9.17, 15) is 0 Å². The lowest BCUT2D eigenvalue weighted by Crippen LogP contribution is -2.71. The summed E-state index contributed by atoms with van der Waals surface area (Å²) in [5.74, 6) is 0.728. The fourth-order valence-corrected chi connectivity index (χ4v) is 3.86. The van der Waals surface area contributed by atoms with E-state index in [0.717, 1.165) is 12.5 Å². The molecule has 2 aliphatic heterocycles. The van der Waals surface area contributed by atoms with Crippen molar-refractivity contribution in [1.82, 2.24) is 9.80 Å². The van der Waals surface area contributed by atoms with E-state index in [-0.39, 0.29) is 0 Å². The zero-order chi connectivity index (χ0) is 14.9. The van der Waals surface area contributed by atoms with E-state index in [1.54, 1.807) is 0 Å². The summed E-state index contributed by atoms with van der Waals surface area (Å²) in [5.41, 5.74) is 3.53. The maximum absolute atomic E-state index is 2.62. The molecule has 0 atom stereocenters. The van der Waals surface area contributed by atoms with E-state index in [2.05, 4.69) is 67.1 Å². The van der Waals surface area contributed by atoms with Crippen LogP contribution in [-0.4, -0.2) is 49.6 Å². The van der Waals surface area contributed by atoms with Gasteiger partial charge < -0.3 is 4.90 Å². The summed E-state index contributed by atoms with van der Waals surface area (Å²) in [5, 5.41) is 0. The van der Waals surface area contributed by atoms with E-state index in [1.165, 1.54) is 43.7 Å². The molecule has 0 bridgehead atoms. The minimum absolute atomic E-state index is 0.634. The first-order valence-corrected chi connectivity index (χ1v) is 8.22.